The van der Waals surface area contributed by atoms with Gasteiger partial charge in [0.05, 0.1) is 13.2 Å². The number of morpholine rings is 1. The molecular weight excluding hydrogens is 216 g/mol. The van der Waals surface area contributed by atoms with Crippen molar-refractivity contribution in [3.63, 3.8) is 0 Å². The molecule has 0 bridgehead atoms. The molecule has 2 rings (SSSR count). The third kappa shape index (κ3) is 3.38. The van der Waals surface area contributed by atoms with Crippen molar-refractivity contribution < 1.29 is 4.74 Å². The fraction of sp³-hybridized carbons (Fsp3) is 0.667. The number of aromatic nitrogens is 2. The van der Waals surface area contributed by atoms with E-state index in [1.165, 1.54) is 0 Å². The van der Waals surface area contributed by atoms with E-state index in [4.69, 9.17) is 10.5 Å². The van der Waals surface area contributed by atoms with Gasteiger partial charge in [-0.1, -0.05) is 0 Å². The zero-order valence-electron chi connectivity index (χ0n) is 10.5. The Balaban J connectivity index is 2.18. The molecule has 0 radical (unpaired) electrons. The summed E-state index contributed by atoms with van der Waals surface area (Å²) in [6, 6.07) is 2.17. The predicted octanol–water partition coefficient (Wildman–Crippen LogP) is 0.511. The first-order valence-corrected chi connectivity index (χ1v) is 6.08. The summed E-state index contributed by atoms with van der Waals surface area (Å²) < 4.78 is 5.34. The fourth-order valence-electron chi connectivity index (χ4n) is 2.00. The van der Waals surface area contributed by atoms with Gasteiger partial charge in [-0.3, -0.25) is 0 Å². The maximum Gasteiger partial charge on any atom is 0.132 e. The lowest BCUT2D eigenvalue weighted by molar-refractivity contribution is 0.122. The Morgan fingerprint density at radius 2 is 2.12 bits per heavy atom. The molecule has 5 heteroatoms. The van der Waals surface area contributed by atoms with Gasteiger partial charge in [-0.2, -0.15) is 0 Å². The minimum Gasteiger partial charge on any atom is -0.378 e. The average Bonchev–Trinajstić information content (AvgIpc) is 2.28. The van der Waals surface area contributed by atoms with Gasteiger partial charge in [-0.25, -0.2) is 9.97 Å². The Hall–Kier alpha value is -1.20. The van der Waals surface area contributed by atoms with Gasteiger partial charge in [-0.05, 0) is 13.8 Å². The lowest BCUT2D eigenvalue weighted by Crippen LogP contribution is -2.37. The number of nitrogens with zero attached hydrogens (tertiary/aromatic N) is 3. The van der Waals surface area contributed by atoms with Gasteiger partial charge in [0.2, 0.25) is 0 Å². The van der Waals surface area contributed by atoms with Crippen LogP contribution in [-0.2, 0) is 11.2 Å². The van der Waals surface area contributed by atoms with Crippen LogP contribution < -0.4 is 10.6 Å². The standard InChI is InChI=1S/C12H20N4O/c1-9(13)7-11-8-12(15-10(2)14-11)16-3-5-17-6-4-16/h8-9H,3-7,13H2,1-2H3. The van der Waals surface area contributed by atoms with Crippen LogP contribution in [0.4, 0.5) is 5.82 Å². The lowest BCUT2D eigenvalue weighted by Gasteiger charge is -2.28. The summed E-state index contributed by atoms with van der Waals surface area (Å²) in [5, 5.41) is 0. The van der Waals surface area contributed by atoms with Gasteiger partial charge in [0.15, 0.2) is 0 Å². The second kappa shape index (κ2) is 5.42. The fourth-order valence-corrected chi connectivity index (χ4v) is 2.00. The van der Waals surface area contributed by atoms with Crippen molar-refractivity contribution in [1.82, 2.24) is 9.97 Å². The maximum absolute atomic E-state index is 5.81. The molecule has 1 unspecified atom stereocenters. The van der Waals surface area contributed by atoms with E-state index in [0.29, 0.717) is 0 Å². The van der Waals surface area contributed by atoms with Gasteiger partial charge in [0, 0.05) is 37.3 Å². The summed E-state index contributed by atoms with van der Waals surface area (Å²) in [6.07, 6.45) is 0.792. The third-order valence-electron chi connectivity index (χ3n) is 2.74. The van der Waals surface area contributed by atoms with E-state index in [1.807, 2.05) is 19.9 Å². The van der Waals surface area contributed by atoms with Crippen LogP contribution in [-0.4, -0.2) is 42.3 Å². The molecule has 0 saturated carbocycles. The lowest BCUT2D eigenvalue weighted by atomic mass is 10.2. The number of anilines is 1. The van der Waals surface area contributed by atoms with Crippen LogP contribution in [0.25, 0.3) is 0 Å². The summed E-state index contributed by atoms with van der Waals surface area (Å²) in [7, 11) is 0. The highest BCUT2D eigenvalue weighted by molar-refractivity contribution is 5.40. The number of rotatable bonds is 3. The van der Waals surface area contributed by atoms with Gasteiger partial charge in [-0.15, -0.1) is 0 Å². The molecule has 0 spiro atoms. The first kappa shape index (κ1) is 12.3. The number of hydrogen-bond acceptors (Lipinski definition) is 5. The van der Waals surface area contributed by atoms with Crippen molar-refractivity contribution in [3.05, 3.63) is 17.6 Å². The molecule has 1 saturated heterocycles. The van der Waals surface area contributed by atoms with Crippen LogP contribution >= 0.6 is 0 Å². The van der Waals surface area contributed by atoms with Crippen LogP contribution in [0, 0.1) is 6.92 Å². The minimum atomic E-state index is 0.127. The summed E-state index contributed by atoms with van der Waals surface area (Å²) in [5.41, 5.74) is 6.83. The maximum atomic E-state index is 5.81. The van der Waals surface area contributed by atoms with E-state index in [9.17, 15) is 0 Å². The SMILES string of the molecule is Cc1nc(CC(C)N)cc(N2CCOCC2)n1. The van der Waals surface area contributed by atoms with E-state index in [1.54, 1.807) is 0 Å². The number of aryl methyl sites for hydroxylation is 1. The molecule has 1 aliphatic heterocycles. The van der Waals surface area contributed by atoms with Gasteiger partial charge in [0.25, 0.3) is 0 Å². The smallest absolute Gasteiger partial charge is 0.132 e. The molecule has 2 heterocycles. The van der Waals surface area contributed by atoms with E-state index in [2.05, 4.69) is 14.9 Å². The molecule has 94 valence electrons. The first-order chi connectivity index (χ1) is 8.15. The van der Waals surface area contributed by atoms with Gasteiger partial charge < -0.3 is 15.4 Å². The molecule has 1 aliphatic rings. The Morgan fingerprint density at radius 3 is 2.76 bits per heavy atom. The molecule has 1 fully saturated rings. The highest BCUT2D eigenvalue weighted by Gasteiger charge is 2.14. The molecule has 1 aromatic heterocycles. The molecular formula is C12H20N4O. The van der Waals surface area contributed by atoms with Crippen LogP contribution in [0.2, 0.25) is 0 Å². The second-order valence-corrected chi connectivity index (χ2v) is 4.55. The van der Waals surface area contributed by atoms with Crippen LogP contribution in [0.15, 0.2) is 6.07 Å². The Labute approximate surface area is 102 Å². The summed E-state index contributed by atoms with van der Waals surface area (Å²) >= 11 is 0. The van der Waals surface area contributed by atoms with E-state index in [0.717, 1.165) is 50.1 Å². The third-order valence-corrected chi connectivity index (χ3v) is 2.74. The molecule has 0 amide bonds. The molecule has 0 aromatic carbocycles. The molecule has 17 heavy (non-hydrogen) atoms. The Morgan fingerprint density at radius 1 is 1.41 bits per heavy atom. The van der Waals surface area contributed by atoms with Crippen molar-refractivity contribution in [2.45, 2.75) is 26.3 Å². The van der Waals surface area contributed by atoms with Crippen LogP contribution in [0.1, 0.15) is 18.4 Å². The molecule has 1 aromatic rings. The average molecular weight is 236 g/mol. The number of nitrogens with two attached hydrogens (primary N) is 1. The molecule has 5 nitrogen and oxygen atoms in total. The van der Waals surface area contributed by atoms with Gasteiger partial charge >= 0.3 is 0 Å². The number of hydrogen-bond donors (Lipinski definition) is 1. The molecule has 1 atom stereocenters. The van der Waals surface area contributed by atoms with Crippen molar-refractivity contribution in [3.8, 4) is 0 Å². The number of ether oxygens (including phenoxy) is 1. The Kier molecular flexibility index (Phi) is 3.91. The largest absolute Gasteiger partial charge is 0.378 e. The molecule has 0 aliphatic carbocycles. The first-order valence-electron chi connectivity index (χ1n) is 6.08. The van der Waals surface area contributed by atoms with Crippen LogP contribution in [0.5, 0.6) is 0 Å². The van der Waals surface area contributed by atoms with Crippen molar-refractivity contribution in [1.29, 1.82) is 0 Å². The van der Waals surface area contributed by atoms with Crippen molar-refractivity contribution >= 4 is 5.82 Å². The predicted molar refractivity (Wildman–Crippen MR) is 67.2 cm³/mol. The monoisotopic (exact) mass is 236 g/mol. The summed E-state index contributed by atoms with van der Waals surface area (Å²) in [6.45, 7) is 7.25. The van der Waals surface area contributed by atoms with Crippen molar-refractivity contribution in [2.24, 2.45) is 5.73 Å². The highest BCUT2D eigenvalue weighted by atomic mass is 16.5. The summed E-state index contributed by atoms with van der Waals surface area (Å²) in [4.78, 5) is 11.1. The zero-order valence-corrected chi connectivity index (χ0v) is 10.5. The van der Waals surface area contributed by atoms with E-state index in [-0.39, 0.29) is 6.04 Å². The van der Waals surface area contributed by atoms with E-state index < -0.39 is 0 Å². The quantitative estimate of drug-likeness (QED) is 0.828. The molecule has 2 N–H and O–H groups in total. The highest BCUT2D eigenvalue weighted by Crippen LogP contribution is 2.15. The zero-order chi connectivity index (χ0) is 12.3. The van der Waals surface area contributed by atoms with E-state index >= 15 is 0 Å². The second-order valence-electron chi connectivity index (χ2n) is 4.55. The minimum absolute atomic E-state index is 0.127. The Bertz CT molecular complexity index is 375. The summed E-state index contributed by atoms with van der Waals surface area (Å²) in [5.74, 6) is 1.81. The van der Waals surface area contributed by atoms with Crippen molar-refractivity contribution in [2.75, 3.05) is 31.2 Å². The topological polar surface area (TPSA) is 64.3 Å². The van der Waals surface area contributed by atoms with Gasteiger partial charge in [0.1, 0.15) is 11.6 Å². The van der Waals surface area contributed by atoms with Crippen LogP contribution in [0.3, 0.4) is 0 Å². The normalized spacial score (nSPS) is 18.2.